The number of carbonyl (C=O) groups is 1. The van der Waals surface area contributed by atoms with Crippen molar-refractivity contribution >= 4 is 23.2 Å². The highest BCUT2D eigenvalue weighted by Crippen LogP contribution is 2.29. The molecular formula is C12H15ClN2O4. The second-order valence-electron chi connectivity index (χ2n) is 4.21. The molecule has 0 fully saturated rings. The molecule has 0 atom stereocenters. The van der Waals surface area contributed by atoms with Crippen LogP contribution in [0.3, 0.4) is 0 Å². The Kier molecular flexibility index (Phi) is 5.26. The van der Waals surface area contributed by atoms with E-state index in [4.69, 9.17) is 16.7 Å². The Morgan fingerprint density at radius 2 is 2.16 bits per heavy atom. The predicted octanol–water partition coefficient (Wildman–Crippen LogP) is 2.09. The predicted molar refractivity (Wildman–Crippen MR) is 71.4 cm³/mol. The molecule has 0 saturated carbocycles. The summed E-state index contributed by atoms with van der Waals surface area (Å²) in [6.45, 7) is 3.44. The number of nitro groups is 1. The van der Waals surface area contributed by atoms with Crippen molar-refractivity contribution in [1.82, 2.24) is 4.90 Å². The van der Waals surface area contributed by atoms with E-state index < -0.39 is 16.5 Å². The van der Waals surface area contributed by atoms with E-state index in [0.717, 1.165) is 0 Å². The third-order valence-electron chi connectivity index (χ3n) is 2.62. The van der Waals surface area contributed by atoms with Crippen LogP contribution in [-0.4, -0.2) is 40.0 Å². The van der Waals surface area contributed by atoms with Crippen LogP contribution in [0.4, 0.5) is 5.69 Å². The number of hydrogen-bond donors (Lipinski definition) is 1. The maximum Gasteiger partial charge on any atom is 0.300 e. The van der Waals surface area contributed by atoms with E-state index in [2.05, 4.69) is 0 Å². The average molecular weight is 287 g/mol. The first-order chi connectivity index (χ1) is 8.90. The van der Waals surface area contributed by atoms with Crippen molar-refractivity contribution < 1.29 is 14.8 Å². The second kappa shape index (κ2) is 6.49. The van der Waals surface area contributed by atoms with Gasteiger partial charge in [0.15, 0.2) is 0 Å². The summed E-state index contributed by atoms with van der Waals surface area (Å²) < 4.78 is 0. The van der Waals surface area contributed by atoms with Gasteiger partial charge in [-0.15, -0.1) is 0 Å². The first kappa shape index (κ1) is 15.4. The minimum Gasteiger partial charge on any atom is -0.395 e. The molecule has 19 heavy (non-hydrogen) atoms. The van der Waals surface area contributed by atoms with Gasteiger partial charge in [0.05, 0.1) is 11.5 Å². The molecule has 0 aliphatic heterocycles. The van der Waals surface area contributed by atoms with Gasteiger partial charge in [-0.1, -0.05) is 17.7 Å². The molecule has 0 spiro atoms. The van der Waals surface area contributed by atoms with Crippen molar-refractivity contribution in [2.45, 2.75) is 19.9 Å². The van der Waals surface area contributed by atoms with Crippen LogP contribution in [0.1, 0.15) is 24.2 Å². The van der Waals surface area contributed by atoms with E-state index in [9.17, 15) is 14.9 Å². The lowest BCUT2D eigenvalue weighted by Gasteiger charge is -2.25. The summed E-state index contributed by atoms with van der Waals surface area (Å²) in [5.41, 5.74) is -0.475. The maximum absolute atomic E-state index is 12.3. The molecule has 0 bridgehead atoms. The number of aliphatic hydroxyl groups excluding tert-OH is 1. The molecule has 1 aromatic rings. The number of halogens is 1. The van der Waals surface area contributed by atoms with Gasteiger partial charge < -0.3 is 10.0 Å². The van der Waals surface area contributed by atoms with Gasteiger partial charge in [-0.05, 0) is 26.0 Å². The van der Waals surface area contributed by atoms with Crippen LogP contribution in [0, 0.1) is 10.1 Å². The lowest BCUT2D eigenvalue weighted by molar-refractivity contribution is -0.385. The van der Waals surface area contributed by atoms with Crippen LogP contribution in [-0.2, 0) is 0 Å². The number of rotatable bonds is 5. The zero-order valence-electron chi connectivity index (χ0n) is 10.7. The van der Waals surface area contributed by atoms with Crippen LogP contribution < -0.4 is 0 Å². The van der Waals surface area contributed by atoms with Gasteiger partial charge in [0, 0.05) is 12.6 Å². The molecular weight excluding hydrogens is 272 g/mol. The molecule has 0 aliphatic rings. The van der Waals surface area contributed by atoms with Gasteiger partial charge in [-0.2, -0.15) is 0 Å². The summed E-state index contributed by atoms with van der Waals surface area (Å²) in [7, 11) is 0. The molecule has 0 aliphatic carbocycles. The maximum atomic E-state index is 12.3. The Bertz CT molecular complexity index is 491. The molecule has 0 aromatic heterocycles. The van der Waals surface area contributed by atoms with E-state index >= 15 is 0 Å². The van der Waals surface area contributed by atoms with Gasteiger partial charge in [0.2, 0.25) is 0 Å². The summed E-state index contributed by atoms with van der Waals surface area (Å²) in [5, 5.41) is 19.9. The van der Waals surface area contributed by atoms with Crippen LogP contribution in [0.25, 0.3) is 0 Å². The smallest absolute Gasteiger partial charge is 0.300 e. The Morgan fingerprint density at radius 1 is 1.53 bits per heavy atom. The normalized spacial score (nSPS) is 10.6. The largest absolute Gasteiger partial charge is 0.395 e. The summed E-state index contributed by atoms with van der Waals surface area (Å²) in [6.07, 6.45) is 0. The molecule has 1 amide bonds. The number of nitrogens with zero attached hydrogens (tertiary/aromatic N) is 2. The van der Waals surface area contributed by atoms with Crippen LogP contribution in [0.5, 0.6) is 0 Å². The SMILES string of the molecule is CC(C)N(CCO)C(=O)c1cccc(Cl)c1[N+](=O)[O-]. The molecule has 6 nitrogen and oxygen atoms in total. The summed E-state index contributed by atoms with van der Waals surface area (Å²) in [6, 6.07) is 4.03. The van der Waals surface area contributed by atoms with Gasteiger partial charge in [-0.25, -0.2) is 0 Å². The highest BCUT2D eigenvalue weighted by molar-refractivity contribution is 6.33. The Hall–Kier alpha value is -1.66. The first-order valence-electron chi connectivity index (χ1n) is 5.74. The minimum absolute atomic E-state index is 0.0698. The molecule has 1 N–H and O–H groups in total. The Balaban J connectivity index is 3.25. The molecule has 104 valence electrons. The zero-order chi connectivity index (χ0) is 14.6. The van der Waals surface area contributed by atoms with Crippen LogP contribution in [0.2, 0.25) is 5.02 Å². The number of para-hydroxylation sites is 1. The number of aliphatic hydroxyl groups is 1. The number of benzene rings is 1. The molecule has 1 aromatic carbocycles. The van der Waals surface area contributed by atoms with Crippen molar-refractivity contribution in [3.05, 3.63) is 38.9 Å². The van der Waals surface area contributed by atoms with Crippen molar-refractivity contribution in [2.24, 2.45) is 0 Å². The standard InChI is InChI=1S/C12H15ClN2O4/c1-8(2)14(6-7-16)12(17)9-4-3-5-10(13)11(9)15(18)19/h3-5,8,16H,6-7H2,1-2H3. The number of nitro benzene ring substituents is 1. The van der Waals surface area contributed by atoms with Crippen molar-refractivity contribution in [3.63, 3.8) is 0 Å². The molecule has 0 saturated heterocycles. The fourth-order valence-corrected chi connectivity index (χ4v) is 1.97. The van der Waals surface area contributed by atoms with Crippen molar-refractivity contribution in [2.75, 3.05) is 13.2 Å². The topological polar surface area (TPSA) is 83.7 Å². The molecule has 0 unspecified atom stereocenters. The van der Waals surface area contributed by atoms with Crippen LogP contribution >= 0.6 is 11.6 Å². The van der Waals surface area contributed by atoms with Gasteiger partial charge in [-0.3, -0.25) is 14.9 Å². The van der Waals surface area contributed by atoms with Gasteiger partial charge in [0.1, 0.15) is 10.6 Å². The zero-order valence-corrected chi connectivity index (χ0v) is 11.4. The lowest BCUT2D eigenvalue weighted by Crippen LogP contribution is -2.39. The highest BCUT2D eigenvalue weighted by atomic mass is 35.5. The molecule has 0 heterocycles. The highest BCUT2D eigenvalue weighted by Gasteiger charge is 2.28. The van der Waals surface area contributed by atoms with Crippen molar-refractivity contribution in [1.29, 1.82) is 0 Å². The lowest BCUT2D eigenvalue weighted by atomic mass is 10.1. The monoisotopic (exact) mass is 286 g/mol. The molecule has 0 radical (unpaired) electrons. The Labute approximate surface area is 115 Å². The average Bonchev–Trinajstić information content (AvgIpc) is 2.33. The fourth-order valence-electron chi connectivity index (χ4n) is 1.73. The third kappa shape index (κ3) is 3.42. The number of amides is 1. The summed E-state index contributed by atoms with van der Waals surface area (Å²) >= 11 is 5.77. The molecule has 7 heteroatoms. The second-order valence-corrected chi connectivity index (χ2v) is 4.62. The van der Waals surface area contributed by atoms with E-state index in [-0.39, 0.29) is 29.8 Å². The summed E-state index contributed by atoms with van der Waals surface area (Å²) in [5.74, 6) is -0.516. The first-order valence-corrected chi connectivity index (χ1v) is 6.12. The quantitative estimate of drug-likeness (QED) is 0.663. The minimum atomic E-state index is -0.674. The van der Waals surface area contributed by atoms with Gasteiger partial charge >= 0.3 is 5.69 Å². The van der Waals surface area contributed by atoms with Gasteiger partial charge in [0.25, 0.3) is 5.91 Å². The fraction of sp³-hybridized carbons (Fsp3) is 0.417. The van der Waals surface area contributed by atoms with E-state index in [1.807, 2.05) is 0 Å². The van der Waals surface area contributed by atoms with E-state index in [1.165, 1.54) is 23.1 Å². The third-order valence-corrected chi connectivity index (χ3v) is 2.93. The summed E-state index contributed by atoms with van der Waals surface area (Å²) in [4.78, 5) is 24.0. The number of carbonyl (C=O) groups excluding carboxylic acids is 1. The molecule has 1 rings (SSSR count). The van der Waals surface area contributed by atoms with Crippen molar-refractivity contribution in [3.8, 4) is 0 Å². The van der Waals surface area contributed by atoms with Crippen LogP contribution in [0.15, 0.2) is 18.2 Å². The number of hydrogen-bond acceptors (Lipinski definition) is 4. The van der Waals surface area contributed by atoms with E-state index in [1.54, 1.807) is 13.8 Å². The van der Waals surface area contributed by atoms with E-state index in [0.29, 0.717) is 0 Å². The Morgan fingerprint density at radius 3 is 2.63 bits per heavy atom.